The molecule has 0 fully saturated rings. The Morgan fingerprint density at radius 3 is 1.68 bits per heavy atom. The van der Waals surface area contributed by atoms with Crippen molar-refractivity contribution in [2.24, 2.45) is 0 Å². The van der Waals surface area contributed by atoms with Crippen molar-refractivity contribution in [1.82, 2.24) is 15.0 Å². The molecular weight excluding hydrogens is 534 g/mol. The third kappa shape index (κ3) is 4.71. The van der Waals surface area contributed by atoms with Crippen molar-refractivity contribution in [3.8, 4) is 56.4 Å². The van der Waals surface area contributed by atoms with E-state index in [1.807, 2.05) is 109 Å². The van der Waals surface area contributed by atoms with E-state index in [1.165, 1.54) is 0 Å². The Kier molecular flexibility index (Phi) is 5.24. The molecule has 0 aliphatic carbocycles. The summed E-state index contributed by atoms with van der Waals surface area (Å²) >= 11 is 0. The Morgan fingerprint density at radius 2 is 0.909 bits per heavy atom. The van der Waals surface area contributed by atoms with Gasteiger partial charge in [0.05, 0.1) is 6.85 Å². The molecule has 0 saturated heterocycles. The third-order valence-electron chi connectivity index (χ3n) is 7.82. The first-order valence-electron chi connectivity index (χ1n) is 16.9. The van der Waals surface area contributed by atoms with Crippen LogP contribution in [-0.4, -0.2) is 15.0 Å². The van der Waals surface area contributed by atoms with Gasteiger partial charge in [-0.3, -0.25) is 0 Å². The Labute approximate surface area is 263 Å². The molecule has 206 valence electrons. The minimum absolute atomic E-state index is 0.182. The van der Waals surface area contributed by atoms with E-state index >= 15 is 0 Å². The fourth-order valence-electron chi connectivity index (χ4n) is 5.74. The first-order chi connectivity index (χ1) is 23.9. The molecule has 3 nitrogen and oxygen atoms in total. The van der Waals surface area contributed by atoms with Crippen LogP contribution in [0.15, 0.2) is 164 Å². The molecule has 1 aromatic heterocycles. The molecule has 8 rings (SSSR count). The molecule has 0 radical (unpaired) electrons. The number of hydrogen-bond donors (Lipinski definition) is 0. The van der Waals surface area contributed by atoms with Crippen LogP contribution in [0.1, 0.15) is 6.85 Å². The second-order valence-electron chi connectivity index (χ2n) is 10.5. The number of benzene rings is 7. The van der Waals surface area contributed by atoms with E-state index in [4.69, 9.17) is 21.8 Å². The van der Waals surface area contributed by atoms with Crippen LogP contribution >= 0.6 is 0 Å². The maximum atomic E-state index is 8.60. The number of hydrogen-bond acceptors (Lipinski definition) is 3. The maximum Gasteiger partial charge on any atom is 0.164 e. The highest BCUT2D eigenvalue weighted by Gasteiger charge is 2.15. The summed E-state index contributed by atoms with van der Waals surface area (Å²) in [7, 11) is 0. The Morgan fingerprint density at radius 1 is 0.364 bits per heavy atom. The molecule has 0 amide bonds. The summed E-state index contributed by atoms with van der Waals surface area (Å²) in [6.45, 7) is 0. The van der Waals surface area contributed by atoms with Crippen LogP contribution in [0.3, 0.4) is 0 Å². The van der Waals surface area contributed by atoms with Crippen molar-refractivity contribution in [1.29, 1.82) is 0 Å². The van der Waals surface area contributed by atoms with Crippen molar-refractivity contribution in [3.63, 3.8) is 0 Å². The number of fused-ring (bicyclic) bond motifs is 2. The van der Waals surface area contributed by atoms with E-state index in [9.17, 15) is 0 Å². The molecule has 0 aliphatic heterocycles. The first kappa shape index (κ1) is 20.9. The van der Waals surface area contributed by atoms with Crippen LogP contribution in [0.25, 0.3) is 78.0 Å². The molecule has 0 saturated carbocycles. The summed E-state index contributed by atoms with van der Waals surface area (Å²) in [5, 5.41) is 3.83. The van der Waals surface area contributed by atoms with Crippen LogP contribution in [-0.2, 0) is 0 Å². The van der Waals surface area contributed by atoms with Gasteiger partial charge < -0.3 is 0 Å². The van der Waals surface area contributed by atoms with Gasteiger partial charge in [-0.1, -0.05) is 158 Å². The van der Waals surface area contributed by atoms with Gasteiger partial charge in [0.15, 0.2) is 17.5 Å². The zero-order chi connectivity index (χ0) is 33.6. The summed E-state index contributed by atoms with van der Waals surface area (Å²) in [6, 6.07) is 42.2. The van der Waals surface area contributed by atoms with Crippen LogP contribution in [0.4, 0.5) is 0 Å². The Balaban J connectivity index is 1.30. The molecule has 7 aromatic carbocycles. The van der Waals surface area contributed by atoms with Gasteiger partial charge in [0, 0.05) is 16.7 Å². The average Bonchev–Trinajstić information content (AvgIpc) is 3.16. The van der Waals surface area contributed by atoms with Crippen molar-refractivity contribution in [2.45, 2.75) is 0 Å². The molecule has 0 aliphatic rings. The summed E-state index contributed by atoms with van der Waals surface area (Å²) in [5.74, 6) is 1.70. The molecule has 0 N–H and O–H groups in total. The second kappa shape index (κ2) is 11.0. The number of aromatic nitrogens is 3. The van der Waals surface area contributed by atoms with E-state index in [0.717, 1.165) is 49.4 Å². The largest absolute Gasteiger partial charge is 0.208 e. The van der Waals surface area contributed by atoms with Gasteiger partial charge in [-0.15, -0.1) is 0 Å². The zero-order valence-electron chi connectivity index (χ0n) is 28.5. The minimum atomic E-state index is -0.408. The molecule has 8 aromatic rings. The smallest absolute Gasteiger partial charge is 0.164 e. The fraction of sp³-hybridized carbons (Fsp3) is 0. The standard InChI is InChI=1S/C41H27N3/c1-3-13-28(14-4-1)34-25-26-35(37-23-10-9-22-36(34)37)31-19-11-20-32(27-31)40-42-39(30-16-5-2-6-17-30)43-41(44-40)38-24-12-18-29-15-7-8-21-33(29)38/h1-27H/i1D,3D,4D,13D,14D. The Hall–Kier alpha value is -5.93. The third-order valence-corrected chi connectivity index (χ3v) is 7.82. The van der Waals surface area contributed by atoms with E-state index in [1.54, 1.807) is 0 Å². The SMILES string of the molecule is [2H]c1c([2H])c([2H])c(-c2ccc(-c3cccc(-c4nc(-c5ccccc5)nc(-c5cccc6ccccc56)n4)c3)c3ccccc23)c([2H])c1[2H]. The molecule has 0 unspecified atom stereocenters. The van der Waals surface area contributed by atoms with E-state index in [0.29, 0.717) is 23.0 Å². The van der Waals surface area contributed by atoms with Crippen LogP contribution in [0, 0.1) is 0 Å². The van der Waals surface area contributed by atoms with Gasteiger partial charge in [-0.05, 0) is 49.9 Å². The lowest BCUT2D eigenvalue weighted by Gasteiger charge is -2.13. The Bertz CT molecular complexity index is 2540. The predicted molar refractivity (Wildman–Crippen MR) is 182 cm³/mol. The monoisotopic (exact) mass is 566 g/mol. The molecule has 44 heavy (non-hydrogen) atoms. The molecule has 0 spiro atoms. The lowest BCUT2D eigenvalue weighted by atomic mass is 9.91. The van der Waals surface area contributed by atoms with Crippen molar-refractivity contribution in [2.75, 3.05) is 0 Å². The second-order valence-corrected chi connectivity index (χ2v) is 10.5. The number of rotatable bonds is 5. The summed E-state index contributed by atoms with van der Waals surface area (Å²) in [5.41, 5.74) is 5.24. The van der Waals surface area contributed by atoms with E-state index < -0.39 is 6.04 Å². The van der Waals surface area contributed by atoms with Gasteiger partial charge >= 0.3 is 0 Å². The highest BCUT2D eigenvalue weighted by molar-refractivity contribution is 6.05. The topological polar surface area (TPSA) is 38.7 Å². The van der Waals surface area contributed by atoms with Gasteiger partial charge in [-0.25, -0.2) is 15.0 Å². The maximum absolute atomic E-state index is 8.60. The molecular formula is C41H27N3. The summed E-state index contributed by atoms with van der Waals surface area (Å²) in [4.78, 5) is 14.9. The molecule has 3 heteroatoms. The highest BCUT2D eigenvalue weighted by atomic mass is 15.0. The van der Waals surface area contributed by atoms with E-state index in [2.05, 4.69) is 24.3 Å². The van der Waals surface area contributed by atoms with Crippen LogP contribution < -0.4 is 0 Å². The highest BCUT2D eigenvalue weighted by Crippen LogP contribution is 2.37. The number of nitrogens with zero attached hydrogens (tertiary/aromatic N) is 3. The lowest BCUT2D eigenvalue weighted by Crippen LogP contribution is -2.00. The molecule has 1 heterocycles. The summed E-state index contributed by atoms with van der Waals surface area (Å²) < 4.78 is 41.7. The van der Waals surface area contributed by atoms with Gasteiger partial charge in [0.2, 0.25) is 0 Å². The molecule has 0 bridgehead atoms. The average molecular weight is 567 g/mol. The van der Waals surface area contributed by atoms with E-state index in [-0.39, 0.29) is 29.7 Å². The first-order valence-corrected chi connectivity index (χ1v) is 14.4. The summed E-state index contributed by atoms with van der Waals surface area (Å²) in [6.07, 6.45) is 0. The van der Waals surface area contributed by atoms with Gasteiger partial charge in [0.1, 0.15) is 0 Å². The predicted octanol–water partition coefficient (Wildman–Crippen LogP) is 10.5. The van der Waals surface area contributed by atoms with Crippen molar-refractivity contribution in [3.05, 3.63) is 164 Å². The van der Waals surface area contributed by atoms with Crippen LogP contribution in [0.2, 0.25) is 0 Å². The van der Waals surface area contributed by atoms with Gasteiger partial charge in [0.25, 0.3) is 0 Å². The lowest BCUT2D eigenvalue weighted by molar-refractivity contribution is 1.08. The van der Waals surface area contributed by atoms with Crippen LogP contribution in [0.5, 0.6) is 0 Å². The van der Waals surface area contributed by atoms with Gasteiger partial charge in [-0.2, -0.15) is 0 Å². The quantitative estimate of drug-likeness (QED) is 0.208. The van der Waals surface area contributed by atoms with Crippen molar-refractivity contribution < 1.29 is 6.85 Å². The van der Waals surface area contributed by atoms with Crippen molar-refractivity contribution >= 4 is 21.5 Å². The minimum Gasteiger partial charge on any atom is -0.208 e. The normalized spacial score (nSPS) is 12.8. The fourth-order valence-corrected chi connectivity index (χ4v) is 5.74. The molecule has 0 atom stereocenters. The zero-order valence-corrected chi connectivity index (χ0v) is 23.5.